The number of H-pyrrole nitrogens is 1. The molecule has 7 nitrogen and oxygen atoms in total. The summed E-state index contributed by atoms with van der Waals surface area (Å²) in [5.41, 5.74) is 6.04. The summed E-state index contributed by atoms with van der Waals surface area (Å²) in [5.74, 6) is -0.710. The van der Waals surface area contributed by atoms with E-state index in [1.807, 2.05) is 12.1 Å². The molecule has 0 saturated carbocycles. The molecule has 0 saturated heterocycles. The molecule has 0 spiro atoms. The van der Waals surface area contributed by atoms with Crippen molar-refractivity contribution >= 4 is 29.2 Å². The largest absolute Gasteiger partial charge is 0.433 e. The van der Waals surface area contributed by atoms with Gasteiger partial charge in [0.25, 0.3) is 5.82 Å². The second kappa shape index (κ2) is 8.65. The number of nitriles is 2. The normalized spacial score (nSPS) is 10.0. The van der Waals surface area contributed by atoms with Gasteiger partial charge in [-0.15, -0.1) is 0 Å². The summed E-state index contributed by atoms with van der Waals surface area (Å²) in [7, 11) is 0. The average Bonchev–Trinajstić information content (AvgIpc) is 2.61. The third-order valence-corrected chi connectivity index (χ3v) is 4.05. The second-order valence-corrected chi connectivity index (χ2v) is 5.76. The van der Waals surface area contributed by atoms with Gasteiger partial charge in [-0.2, -0.15) is 19.3 Å². The topological polar surface area (TPSA) is 126 Å². The van der Waals surface area contributed by atoms with Gasteiger partial charge < -0.3 is 10.1 Å². The molecule has 1 amide bonds. The summed E-state index contributed by atoms with van der Waals surface area (Å²) in [4.78, 5) is 14.8. The first-order chi connectivity index (χ1) is 12.4. The molecule has 0 aliphatic heterocycles. The van der Waals surface area contributed by atoms with Crippen LogP contribution < -0.4 is 20.8 Å². The molecule has 0 radical (unpaired) electrons. The Morgan fingerprint density at radius 2 is 2.00 bits per heavy atom. The fourth-order valence-electron chi connectivity index (χ4n) is 1.93. The summed E-state index contributed by atoms with van der Waals surface area (Å²) in [6.45, 7) is -3.02. The molecule has 1 aromatic heterocycles. The quantitative estimate of drug-likeness (QED) is 0.744. The number of amides is 1. The number of aromatic amines is 1. The molecule has 132 valence electrons. The van der Waals surface area contributed by atoms with Crippen LogP contribution in [0.4, 0.5) is 20.3 Å². The zero-order chi connectivity index (χ0) is 19.1. The third kappa shape index (κ3) is 4.82. The predicted octanol–water partition coefficient (Wildman–Crippen LogP) is 2.16. The number of carbonyl (C=O) groups is 1. The molecular formula is C16H12F2N5O2S+. The number of nitrogens with one attached hydrogen (secondary N) is 2. The van der Waals surface area contributed by atoms with E-state index in [-0.39, 0.29) is 34.1 Å². The van der Waals surface area contributed by atoms with Crippen LogP contribution in [0.25, 0.3) is 0 Å². The molecule has 0 unspecified atom stereocenters. The Bertz CT molecular complexity index is 908. The van der Waals surface area contributed by atoms with Crippen molar-refractivity contribution in [2.75, 3.05) is 16.8 Å². The number of hydrogen-bond donors (Lipinski definition) is 2. The number of nitrogens with zero attached hydrogens (tertiary/aromatic N) is 2. The lowest BCUT2D eigenvalue weighted by molar-refractivity contribution is -0.410. The first-order valence-electron chi connectivity index (χ1n) is 7.07. The first kappa shape index (κ1) is 19.0. The van der Waals surface area contributed by atoms with Crippen molar-refractivity contribution in [1.29, 1.82) is 10.5 Å². The SMILES string of the molecule is N#Cc1cc(C#N)c(SCC(=O)Nc2ccccc2OC(F)F)[nH+]c1N. The van der Waals surface area contributed by atoms with Gasteiger partial charge in [-0.05, 0) is 18.2 Å². The van der Waals surface area contributed by atoms with E-state index in [4.69, 9.17) is 16.3 Å². The number of para-hydroxylation sites is 2. The summed E-state index contributed by atoms with van der Waals surface area (Å²) in [6.07, 6.45) is 0. The van der Waals surface area contributed by atoms with E-state index < -0.39 is 12.5 Å². The number of aromatic nitrogens is 1. The number of benzene rings is 1. The molecule has 2 rings (SSSR count). The number of anilines is 2. The van der Waals surface area contributed by atoms with Crippen molar-refractivity contribution in [3.05, 3.63) is 41.5 Å². The van der Waals surface area contributed by atoms with E-state index in [2.05, 4.69) is 15.0 Å². The van der Waals surface area contributed by atoms with Crippen LogP contribution in [0.1, 0.15) is 11.1 Å². The highest BCUT2D eigenvalue weighted by Crippen LogP contribution is 2.26. The van der Waals surface area contributed by atoms with Crippen molar-refractivity contribution in [2.24, 2.45) is 0 Å². The molecule has 0 aliphatic rings. The molecule has 0 bridgehead atoms. The lowest BCUT2D eigenvalue weighted by atomic mass is 10.2. The van der Waals surface area contributed by atoms with Crippen LogP contribution in [0.5, 0.6) is 5.75 Å². The van der Waals surface area contributed by atoms with E-state index in [0.717, 1.165) is 11.8 Å². The van der Waals surface area contributed by atoms with Gasteiger partial charge in [-0.25, -0.2) is 4.98 Å². The highest BCUT2D eigenvalue weighted by atomic mass is 32.2. The van der Waals surface area contributed by atoms with Crippen molar-refractivity contribution in [3.8, 4) is 17.9 Å². The van der Waals surface area contributed by atoms with Gasteiger partial charge >= 0.3 is 6.61 Å². The van der Waals surface area contributed by atoms with Crippen LogP contribution in [0.2, 0.25) is 0 Å². The molecule has 10 heteroatoms. The van der Waals surface area contributed by atoms with E-state index >= 15 is 0 Å². The predicted molar refractivity (Wildman–Crippen MR) is 89.3 cm³/mol. The molecule has 0 fully saturated rings. The van der Waals surface area contributed by atoms with E-state index in [9.17, 15) is 13.6 Å². The summed E-state index contributed by atoms with van der Waals surface area (Å²) >= 11 is 0.984. The smallest absolute Gasteiger partial charge is 0.387 e. The van der Waals surface area contributed by atoms with Gasteiger partial charge in [0, 0.05) is 0 Å². The number of nitrogens with two attached hydrogens (primary N) is 1. The Morgan fingerprint density at radius 1 is 1.31 bits per heavy atom. The minimum atomic E-state index is -3.02. The zero-order valence-electron chi connectivity index (χ0n) is 13.1. The monoisotopic (exact) mass is 376 g/mol. The second-order valence-electron chi connectivity index (χ2n) is 4.77. The fraction of sp³-hybridized carbons (Fsp3) is 0.125. The van der Waals surface area contributed by atoms with Crippen molar-refractivity contribution in [3.63, 3.8) is 0 Å². The van der Waals surface area contributed by atoms with Crippen LogP contribution in [0.3, 0.4) is 0 Å². The number of alkyl halides is 2. The van der Waals surface area contributed by atoms with Crippen LogP contribution in [-0.2, 0) is 4.79 Å². The van der Waals surface area contributed by atoms with Crippen LogP contribution in [-0.4, -0.2) is 18.3 Å². The Balaban J connectivity index is 2.08. The number of pyridine rings is 1. The Morgan fingerprint density at radius 3 is 2.65 bits per heavy atom. The van der Waals surface area contributed by atoms with E-state index in [0.29, 0.717) is 5.03 Å². The fourth-order valence-corrected chi connectivity index (χ4v) is 2.72. The number of nitrogen functional groups attached to an aromatic ring is 1. The first-order valence-corrected chi connectivity index (χ1v) is 8.05. The number of rotatable bonds is 6. The molecule has 2 aromatic rings. The lowest BCUT2D eigenvalue weighted by Gasteiger charge is -2.11. The molecule has 4 N–H and O–H groups in total. The summed E-state index contributed by atoms with van der Waals surface area (Å²) in [5, 5.41) is 20.8. The Hall–Kier alpha value is -3.37. The van der Waals surface area contributed by atoms with Gasteiger partial charge in [0.1, 0.15) is 29.0 Å². The Labute approximate surface area is 151 Å². The molecule has 0 aliphatic carbocycles. The molecule has 1 aromatic carbocycles. The highest BCUT2D eigenvalue weighted by Gasteiger charge is 2.17. The van der Waals surface area contributed by atoms with E-state index in [1.165, 1.54) is 24.3 Å². The van der Waals surface area contributed by atoms with Gasteiger partial charge in [0.2, 0.25) is 5.91 Å². The van der Waals surface area contributed by atoms with Crippen molar-refractivity contribution in [2.45, 2.75) is 11.6 Å². The lowest BCUT2D eigenvalue weighted by Crippen LogP contribution is -2.20. The maximum absolute atomic E-state index is 12.4. The molecule has 0 atom stereocenters. The van der Waals surface area contributed by atoms with Crippen molar-refractivity contribution < 1.29 is 23.3 Å². The minimum absolute atomic E-state index is 0.0742. The van der Waals surface area contributed by atoms with Gasteiger partial charge in [0.05, 0.1) is 11.4 Å². The van der Waals surface area contributed by atoms with Gasteiger partial charge in [-0.1, -0.05) is 23.9 Å². The number of halogens is 2. The molecule has 1 heterocycles. The maximum Gasteiger partial charge on any atom is 0.387 e. The number of hydrogen-bond acceptors (Lipinski definition) is 6. The van der Waals surface area contributed by atoms with Gasteiger partial charge in [0.15, 0.2) is 5.03 Å². The number of carbonyl (C=O) groups excluding carboxylic acids is 1. The standard InChI is InChI=1S/C16H11F2N5O2S/c17-16(18)25-12-4-2-1-3-11(12)22-13(24)8-26-15-10(7-20)5-9(6-19)14(21)23-15/h1-5,16H,8H2,(H2,21,23)(H,22,24)/p+1. The average molecular weight is 376 g/mol. The third-order valence-electron chi connectivity index (χ3n) is 3.04. The van der Waals surface area contributed by atoms with Crippen molar-refractivity contribution in [1.82, 2.24) is 0 Å². The summed E-state index contributed by atoms with van der Waals surface area (Å²) < 4.78 is 29.1. The number of ether oxygens (including phenoxy) is 1. The van der Waals surface area contributed by atoms with Crippen LogP contribution in [0.15, 0.2) is 35.4 Å². The van der Waals surface area contributed by atoms with Gasteiger partial charge in [-0.3, -0.25) is 10.5 Å². The minimum Gasteiger partial charge on any atom is -0.433 e. The highest BCUT2D eigenvalue weighted by molar-refractivity contribution is 7.99. The van der Waals surface area contributed by atoms with Crippen LogP contribution >= 0.6 is 11.8 Å². The number of thioether (sulfide) groups is 1. The van der Waals surface area contributed by atoms with Crippen LogP contribution in [0, 0.1) is 22.7 Å². The maximum atomic E-state index is 12.4. The zero-order valence-corrected chi connectivity index (χ0v) is 13.9. The Kier molecular flexibility index (Phi) is 6.31. The molecule has 26 heavy (non-hydrogen) atoms. The summed E-state index contributed by atoms with van der Waals surface area (Å²) in [6, 6.07) is 10.9. The molecular weight excluding hydrogens is 364 g/mol. The van der Waals surface area contributed by atoms with E-state index in [1.54, 1.807) is 6.07 Å².